The second kappa shape index (κ2) is 6.24. The van der Waals surface area contributed by atoms with E-state index < -0.39 is 0 Å². The first-order valence-electron chi connectivity index (χ1n) is 4.94. The topological polar surface area (TPSA) is 84.2 Å². The molecule has 1 aromatic heterocycles. The Morgan fingerprint density at radius 1 is 1.56 bits per heavy atom. The molecule has 2 amide bonds. The minimum atomic E-state index is -0.233. The number of amides is 2. The molecule has 0 aliphatic carbocycles. The van der Waals surface area contributed by atoms with Crippen molar-refractivity contribution in [2.24, 2.45) is 5.73 Å². The molecule has 0 aliphatic rings. The van der Waals surface area contributed by atoms with Crippen LogP contribution in [0.5, 0.6) is 0 Å². The van der Waals surface area contributed by atoms with Crippen molar-refractivity contribution in [3.8, 4) is 0 Å². The van der Waals surface area contributed by atoms with Crippen molar-refractivity contribution in [3.63, 3.8) is 0 Å². The van der Waals surface area contributed by atoms with Crippen molar-refractivity contribution in [1.82, 2.24) is 10.6 Å². The maximum Gasteiger partial charge on any atom is 0.261 e. The third-order valence-electron chi connectivity index (χ3n) is 1.92. The summed E-state index contributed by atoms with van der Waals surface area (Å²) in [6, 6.07) is 3.42. The fourth-order valence-corrected chi connectivity index (χ4v) is 1.68. The van der Waals surface area contributed by atoms with Crippen LogP contribution in [0, 0.1) is 0 Å². The van der Waals surface area contributed by atoms with E-state index in [-0.39, 0.29) is 24.4 Å². The van der Waals surface area contributed by atoms with Gasteiger partial charge >= 0.3 is 0 Å². The van der Waals surface area contributed by atoms with Crippen molar-refractivity contribution in [1.29, 1.82) is 0 Å². The smallest absolute Gasteiger partial charge is 0.261 e. The van der Waals surface area contributed by atoms with E-state index in [1.807, 2.05) is 5.38 Å². The number of nitrogens with one attached hydrogen (secondary N) is 2. The molecule has 1 atom stereocenters. The Morgan fingerprint density at radius 3 is 2.88 bits per heavy atom. The van der Waals surface area contributed by atoms with Crippen molar-refractivity contribution < 1.29 is 9.59 Å². The molecule has 0 radical (unpaired) electrons. The minimum absolute atomic E-state index is 0.0267. The number of carbonyl (C=O) groups excluding carboxylic acids is 2. The summed E-state index contributed by atoms with van der Waals surface area (Å²) in [6.07, 6.45) is 0. The highest BCUT2D eigenvalue weighted by Gasteiger charge is 2.09. The molecule has 0 aromatic carbocycles. The van der Waals surface area contributed by atoms with Crippen LogP contribution in [0.25, 0.3) is 0 Å². The second-order valence-corrected chi connectivity index (χ2v) is 4.31. The Hall–Kier alpha value is -1.40. The Kier molecular flexibility index (Phi) is 4.94. The molecule has 16 heavy (non-hydrogen) atoms. The molecule has 1 rings (SSSR count). The summed E-state index contributed by atoms with van der Waals surface area (Å²) in [5, 5.41) is 7.00. The minimum Gasteiger partial charge on any atom is -0.351 e. The van der Waals surface area contributed by atoms with Crippen LogP contribution >= 0.6 is 11.3 Å². The van der Waals surface area contributed by atoms with Crippen molar-refractivity contribution in [2.75, 3.05) is 13.1 Å². The standard InChI is InChI=1S/C10H15N3O2S/c1-7(5-11)13-9(14)6-12-10(15)8-3-2-4-16-8/h2-4,7H,5-6,11H2,1H3,(H,12,15)(H,13,14)/t7-/m0/s1. The number of nitrogens with two attached hydrogens (primary N) is 1. The van der Waals surface area contributed by atoms with Crippen LogP contribution in [0.3, 0.4) is 0 Å². The molecular weight excluding hydrogens is 226 g/mol. The summed E-state index contributed by atoms with van der Waals surface area (Å²) in [7, 11) is 0. The lowest BCUT2D eigenvalue weighted by Gasteiger charge is -2.11. The lowest BCUT2D eigenvalue weighted by atomic mass is 10.3. The molecule has 4 N–H and O–H groups in total. The highest BCUT2D eigenvalue weighted by Crippen LogP contribution is 2.07. The Balaban J connectivity index is 2.29. The normalized spacial score (nSPS) is 11.9. The van der Waals surface area contributed by atoms with E-state index >= 15 is 0 Å². The maximum absolute atomic E-state index is 11.5. The van der Waals surface area contributed by atoms with Crippen LogP contribution in [0.1, 0.15) is 16.6 Å². The van der Waals surface area contributed by atoms with Gasteiger partial charge in [-0.15, -0.1) is 11.3 Å². The van der Waals surface area contributed by atoms with Crippen LogP contribution in [-0.2, 0) is 4.79 Å². The van der Waals surface area contributed by atoms with E-state index in [4.69, 9.17) is 5.73 Å². The zero-order valence-corrected chi connectivity index (χ0v) is 9.84. The quantitative estimate of drug-likeness (QED) is 0.675. The average molecular weight is 241 g/mol. The Morgan fingerprint density at radius 2 is 2.31 bits per heavy atom. The highest BCUT2D eigenvalue weighted by atomic mass is 32.1. The van der Waals surface area contributed by atoms with Gasteiger partial charge in [-0.1, -0.05) is 6.07 Å². The van der Waals surface area contributed by atoms with Crippen LogP contribution in [0.15, 0.2) is 17.5 Å². The molecule has 0 fully saturated rings. The van der Waals surface area contributed by atoms with Gasteiger partial charge in [-0.3, -0.25) is 9.59 Å². The number of hydrogen-bond acceptors (Lipinski definition) is 4. The Labute approximate surface area is 98.0 Å². The molecule has 1 aromatic rings. The summed E-state index contributed by atoms with van der Waals surface area (Å²) >= 11 is 1.34. The monoisotopic (exact) mass is 241 g/mol. The van der Waals surface area contributed by atoms with Gasteiger partial charge in [-0.2, -0.15) is 0 Å². The van der Waals surface area contributed by atoms with Gasteiger partial charge in [0.05, 0.1) is 11.4 Å². The highest BCUT2D eigenvalue weighted by molar-refractivity contribution is 7.12. The first kappa shape index (κ1) is 12.7. The van der Waals surface area contributed by atoms with E-state index in [2.05, 4.69) is 10.6 Å². The molecule has 6 heteroatoms. The van der Waals surface area contributed by atoms with Crippen LogP contribution in [0.2, 0.25) is 0 Å². The summed E-state index contributed by atoms with van der Waals surface area (Å²) in [4.78, 5) is 23.4. The SMILES string of the molecule is C[C@@H](CN)NC(=O)CNC(=O)c1cccs1. The fraction of sp³-hybridized carbons (Fsp3) is 0.400. The van der Waals surface area contributed by atoms with Gasteiger partial charge in [0, 0.05) is 12.6 Å². The molecule has 5 nitrogen and oxygen atoms in total. The van der Waals surface area contributed by atoms with Gasteiger partial charge in [-0.25, -0.2) is 0 Å². The average Bonchev–Trinajstić information content (AvgIpc) is 2.79. The van der Waals surface area contributed by atoms with Gasteiger partial charge in [-0.05, 0) is 18.4 Å². The number of rotatable bonds is 5. The van der Waals surface area contributed by atoms with E-state index in [9.17, 15) is 9.59 Å². The van der Waals surface area contributed by atoms with Crippen molar-refractivity contribution >= 4 is 23.2 Å². The number of thiophene rings is 1. The molecule has 0 aliphatic heterocycles. The second-order valence-electron chi connectivity index (χ2n) is 3.36. The third-order valence-corrected chi connectivity index (χ3v) is 2.78. The van der Waals surface area contributed by atoms with Crippen molar-refractivity contribution in [2.45, 2.75) is 13.0 Å². The van der Waals surface area contributed by atoms with E-state index in [0.29, 0.717) is 11.4 Å². The fourth-order valence-electron chi connectivity index (χ4n) is 1.04. The number of hydrogen-bond donors (Lipinski definition) is 3. The molecule has 0 saturated carbocycles. The van der Waals surface area contributed by atoms with Gasteiger partial charge in [0.25, 0.3) is 5.91 Å². The molecule has 0 bridgehead atoms. The molecule has 1 heterocycles. The Bertz CT molecular complexity index is 351. The van der Waals surface area contributed by atoms with Crippen LogP contribution in [-0.4, -0.2) is 30.9 Å². The van der Waals surface area contributed by atoms with Crippen molar-refractivity contribution in [3.05, 3.63) is 22.4 Å². The van der Waals surface area contributed by atoms with Crippen LogP contribution in [0.4, 0.5) is 0 Å². The van der Waals surface area contributed by atoms with Gasteiger partial charge in [0.1, 0.15) is 0 Å². The zero-order chi connectivity index (χ0) is 12.0. The van der Waals surface area contributed by atoms with E-state index in [1.54, 1.807) is 19.1 Å². The summed E-state index contributed by atoms with van der Waals surface area (Å²) in [5.74, 6) is -0.464. The summed E-state index contributed by atoms with van der Waals surface area (Å²) < 4.78 is 0. The van der Waals surface area contributed by atoms with E-state index in [0.717, 1.165) is 0 Å². The predicted molar refractivity (Wildman–Crippen MR) is 63.3 cm³/mol. The summed E-state index contributed by atoms with van der Waals surface area (Å²) in [5.41, 5.74) is 5.35. The molecule has 0 unspecified atom stereocenters. The van der Waals surface area contributed by atoms with Gasteiger partial charge in [0.2, 0.25) is 5.91 Å². The lowest BCUT2D eigenvalue weighted by molar-refractivity contribution is -0.120. The molecule has 88 valence electrons. The third kappa shape index (κ3) is 4.00. The van der Waals surface area contributed by atoms with Gasteiger partial charge in [0.15, 0.2) is 0 Å². The first-order chi connectivity index (χ1) is 7.63. The largest absolute Gasteiger partial charge is 0.351 e. The van der Waals surface area contributed by atoms with E-state index in [1.165, 1.54) is 11.3 Å². The van der Waals surface area contributed by atoms with Crippen LogP contribution < -0.4 is 16.4 Å². The first-order valence-corrected chi connectivity index (χ1v) is 5.82. The molecule has 0 saturated heterocycles. The molecular formula is C10H15N3O2S. The zero-order valence-electron chi connectivity index (χ0n) is 9.03. The summed E-state index contributed by atoms with van der Waals surface area (Å²) in [6.45, 7) is 2.16. The predicted octanol–water partition coefficient (Wildman–Crippen LogP) is -0.0587. The lowest BCUT2D eigenvalue weighted by Crippen LogP contribution is -2.43. The number of carbonyl (C=O) groups is 2. The molecule has 0 spiro atoms. The van der Waals surface area contributed by atoms with Gasteiger partial charge < -0.3 is 16.4 Å². The maximum atomic E-state index is 11.5.